The SMILES string of the molecule is CCCCCCCCCCC(C)c1cccc(O)c1O. The summed E-state index contributed by atoms with van der Waals surface area (Å²) in [5.74, 6) is 0.354. The van der Waals surface area contributed by atoms with E-state index in [4.69, 9.17) is 0 Å². The molecule has 2 N–H and O–H groups in total. The minimum atomic E-state index is -0.00901. The first-order valence-corrected chi connectivity index (χ1v) is 8.17. The van der Waals surface area contributed by atoms with E-state index in [0.717, 1.165) is 12.0 Å². The summed E-state index contributed by atoms with van der Waals surface area (Å²) >= 11 is 0. The summed E-state index contributed by atoms with van der Waals surface area (Å²) in [6, 6.07) is 5.24. The number of phenolic OH excluding ortho intramolecular Hbond substituents is 2. The molecule has 0 amide bonds. The van der Waals surface area contributed by atoms with Crippen LogP contribution in [-0.2, 0) is 0 Å². The van der Waals surface area contributed by atoms with Crippen LogP contribution in [0.4, 0.5) is 0 Å². The van der Waals surface area contributed by atoms with Gasteiger partial charge < -0.3 is 10.2 Å². The Kier molecular flexibility index (Phi) is 8.17. The van der Waals surface area contributed by atoms with Crippen molar-refractivity contribution in [1.29, 1.82) is 0 Å². The number of benzene rings is 1. The smallest absolute Gasteiger partial charge is 0.160 e. The fraction of sp³-hybridized carbons (Fsp3) is 0.667. The van der Waals surface area contributed by atoms with E-state index in [1.54, 1.807) is 6.07 Å². The summed E-state index contributed by atoms with van der Waals surface area (Å²) in [6.07, 6.45) is 11.7. The predicted molar refractivity (Wildman–Crippen MR) is 85.4 cm³/mol. The van der Waals surface area contributed by atoms with E-state index in [1.165, 1.54) is 57.4 Å². The Morgan fingerprint density at radius 2 is 1.50 bits per heavy atom. The first-order valence-electron chi connectivity index (χ1n) is 8.17. The molecule has 1 unspecified atom stereocenters. The van der Waals surface area contributed by atoms with Gasteiger partial charge in [-0.1, -0.05) is 77.3 Å². The molecule has 0 spiro atoms. The van der Waals surface area contributed by atoms with Crippen molar-refractivity contribution in [1.82, 2.24) is 0 Å². The minimum Gasteiger partial charge on any atom is -0.504 e. The first-order chi connectivity index (χ1) is 9.66. The van der Waals surface area contributed by atoms with Crippen LogP contribution in [0.15, 0.2) is 18.2 Å². The van der Waals surface area contributed by atoms with Gasteiger partial charge in [0.25, 0.3) is 0 Å². The van der Waals surface area contributed by atoms with Gasteiger partial charge in [0.1, 0.15) is 0 Å². The second kappa shape index (κ2) is 9.68. The van der Waals surface area contributed by atoms with E-state index in [1.807, 2.05) is 6.07 Å². The van der Waals surface area contributed by atoms with Gasteiger partial charge in [0.15, 0.2) is 11.5 Å². The average Bonchev–Trinajstić information content (AvgIpc) is 2.44. The lowest BCUT2D eigenvalue weighted by Crippen LogP contribution is -1.94. The third-order valence-electron chi connectivity index (χ3n) is 4.07. The minimum absolute atomic E-state index is 0.00901. The van der Waals surface area contributed by atoms with Crippen molar-refractivity contribution in [3.05, 3.63) is 23.8 Å². The molecular formula is C18H30O2. The Balaban J connectivity index is 2.17. The van der Waals surface area contributed by atoms with Gasteiger partial charge in [-0.3, -0.25) is 0 Å². The van der Waals surface area contributed by atoms with Crippen molar-refractivity contribution in [2.45, 2.75) is 77.6 Å². The third-order valence-corrected chi connectivity index (χ3v) is 4.07. The van der Waals surface area contributed by atoms with Crippen molar-refractivity contribution in [2.75, 3.05) is 0 Å². The van der Waals surface area contributed by atoms with E-state index >= 15 is 0 Å². The topological polar surface area (TPSA) is 40.5 Å². The molecule has 2 nitrogen and oxygen atoms in total. The molecule has 1 atom stereocenters. The highest BCUT2D eigenvalue weighted by atomic mass is 16.3. The Morgan fingerprint density at radius 3 is 2.15 bits per heavy atom. The van der Waals surface area contributed by atoms with Crippen LogP contribution < -0.4 is 0 Å². The Labute approximate surface area is 123 Å². The second-order valence-corrected chi connectivity index (χ2v) is 5.88. The van der Waals surface area contributed by atoms with Crippen LogP contribution >= 0.6 is 0 Å². The van der Waals surface area contributed by atoms with Crippen molar-refractivity contribution in [3.8, 4) is 11.5 Å². The monoisotopic (exact) mass is 278 g/mol. The lowest BCUT2D eigenvalue weighted by Gasteiger charge is -2.14. The second-order valence-electron chi connectivity index (χ2n) is 5.88. The average molecular weight is 278 g/mol. The Hall–Kier alpha value is -1.18. The highest BCUT2D eigenvalue weighted by Crippen LogP contribution is 2.35. The number of para-hydroxylation sites is 1. The van der Waals surface area contributed by atoms with Gasteiger partial charge in [0.2, 0.25) is 0 Å². The molecule has 0 aliphatic rings. The van der Waals surface area contributed by atoms with Crippen LogP contribution in [0.2, 0.25) is 0 Å². The maximum Gasteiger partial charge on any atom is 0.160 e. The lowest BCUT2D eigenvalue weighted by molar-refractivity contribution is 0.395. The van der Waals surface area contributed by atoms with Gasteiger partial charge in [0, 0.05) is 5.56 Å². The van der Waals surface area contributed by atoms with Gasteiger partial charge in [0.05, 0.1) is 0 Å². The van der Waals surface area contributed by atoms with Crippen molar-refractivity contribution < 1.29 is 10.2 Å². The van der Waals surface area contributed by atoms with Crippen LogP contribution in [0.5, 0.6) is 11.5 Å². The van der Waals surface area contributed by atoms with Gasteiger partial charge in [-0.2, -0.15) is 0 Å². The molecule has 0 fully saturated rings. The number of phenols is 2. The highest BCUT2D eigenvalue weighted by Gasteiger charge is 2.12. The fourth-order valence-corrected chi connectivity index (χ4v) is 2.69. The summed E-state index contributed by atoms with van der Waals surface area (Å²) < 4.78 is 0. The zero-order valence-corrected chi connectivity index (χ0v) is 13.1. The summed E-state index contributed by atoms with van der Waals surface area (Å²) in [5.41, 5.74) is 0.868. The molecule has 114 valence electrons. The third kappa shape index (κ3) is 5.85. The maximum absolute atomic E-state index is 9.84. The Bertz CT molecular complexity index is 374. The number of aromatic hydroxyl groups is 2. The zero-order valence-electron chi connectivity index (χ0n) is 13.1. The van der Waals surface area contributed by atoms with Crippen LogP contribution in [0.3, 0.4) is 0 Å². The quantitative estimate of drug-likeness (QED) is 0.423. The molecule has 0 aromatic heterocycles. The lowest BCUT2D eigenvalue weighted by atomic mass is 9.93. The largest absolute Gasteiger partial charge is 0.504 e. The van der Waals surface area contributed by atoms with E-state index in [0.29, 0.717) is 5.92 Å². The molecule has 1 aromatic rings. The van der Waals surface area contributed by atoms with E-state index in [9.17, 15) is 10.2 Å². The van der Waals surface area contributed by atoms with Gasteiger partial charge in [-0.15, -0.1) is 0 Å². The number of rotatable bonds is 10. The number of hydrogen-bond acceptors (Lipinski definition) is 2. The molecular weight excluding hydrogens is 248 g/mol. The molecule has 2 heteroatoms. The first kappa shape index (κ1) is 16.9. The molecule has 0 bridgehead atoms. The van der Waals surface area contributed by atoms with Crippen LogP contribution in [0, 0.1) is 0 Å². The standard InChI is InChI=1S/C18H30O2/c1-3-4-5-6-7-8-9-10-12-15(2)16-13-11-14-17(19)18(16)20/h11,13-15,19-20H,3-10,12H2,1-2H3. The van der Waals surface area contributed by atoms with Crippen molar-refractivity contribution in [3.63, 3.8) is 0 Å². The molecule has 20 heavy (non-hydrogen) atoms. The zero-order chi connectivity index (χ0) is 14.8. The molecule has 0 aliphatic carbocycles. The molecule has 0 heterocycles. The molecule has 0 radical (unpaired) electrons. The molecule has 1 rings (SSSR count). The highest BCUT2D eigenvalue weighted by molar-refractivity contribution is 5.45. The van der Waals surface area contributed by atoms with E-state index < -0.39 is 0 Å². The predicted octanol–water partition coefficient (Wildman–Crippen LogP) is 5.73. The fourth-order valence-electron chi connectivity index (χ4n) is 2.69. The van der Waals surface area contributed by atoms with Crippen LogP contribution in [0.25, 0.3) is 0 Å². The molecule has 0 saturated heterocycles. The van der Waals surface area contributed by atoms with Gasteiger partial charge in [-0.25, -0.2) is 0 Å². The van der Waals surface area contributed by atoms with Crippen LogP contribution in [0.1, 0.15) is 83.1 Å². The van der Waals surface area contributed by atoms with Gasteiger partial charge >= 0.3 is 0 Å². The van der Waals surface area contributed by atoms with Gasteiger partial charge in [-0.05, 0) is 18.4 Å². The summed E-state index contributed by atoms with van der Waals surface area (Å²) in [7, 11) is 0. The summed E-state index contributed by atoms with van der Waals surface area (Å²) in [4.78, 5) is 0. The van der Waals surface area contributed by atoms with Crippen molar-refractivity contribution >= 4 is 0 Å². The normalized spacial score (nSPS) is 12.5. The van der Waals surface area contributed by atoms with E-state index in [2.05, 4.69) is 13.8 Å². The van der Waals surface area contributed by atoms with Crippen molar-refractivity contribution in [2.24, 2.45) is 0 Å². The number of hydrogen-bond donors (Lipinski definition) is 2. The molecule has 0 aliphatic heterocycles. The summed E-state index contributed by atoms with van der Waals surface area (Å²) in [6.45, 7) is 4.37. The van der Waals surface area contributed by atoms with Crippen LogP contribution in [-0.4, -0.2) is 10.2 Å². The molecule has 1 aromatic carbocycles. The Morgan fingerprint density at radius 1 is 0.900 bits per heavy atom. The van der Waals surface area contributed by atoms with E-state index in [-0.39, 0.29) is 11.5 Å². The maximum atomic E-state index is 9.84. The summed E-state index contributed by atoms with van der Waals surface area (Å²) in [5, 5.41) is 19.4. The molecule has 0 saturated carbocycles. The number of unbranched alkanes of at least 4 members (excludes halogenated alkanes) is 7.